The molecule has 2 aromatic carbocycles. The Morgan fingerprint density at radius 1 is 0.933 bits per heavy atom. The number of nitrogens with zero attached hydrogens (tertiary/aromatic N) is 1. The molecule has 2 aromatic rings. The van der Waals surface area contributed by atoms with Gasteiger partial charge in [-0.15, -0.1) is 0 Å². The van der Waals surface area contributed by atoms with Gasteiger partial charge in [0, 0.05) is 0 Å². The number of hydrogen-bond acceptors (Lipinski definition) is 7. The maximum Gasteiger partial charge on any atom is 1.00 e. The number of ether oxygens (including phenoxy) is 2. The normalized spacial score (nSPS) is 26.0. The van der Waals surface area contributed by atoms with Gasteiger partial charge in [0.05, 0.1) is 33.2 Å². The van der Waals surface area contributed by atoms with Gasteiger partial charge in [0.1, 0.15) is 24.1 Å². The fourth-order valence-electron chi connectivity index (χ4n) is 3.57. The van der Waals surface area contributed by atoms with Crippen molar-refractivity contribution >= 4 is 7.82 Å². The smallest absolute Gasteiger partial charge is 0.790 e. The van der Waals surface area contributed by atoms with Crippen molar-refractivity contribution in [2.75, 3.05) is 19.8 Å². The third-order valence-electron chi connectivity index (χ3n) is 4.87. The van der Waals surface area contributed by atoms with E-state index in [-0.39, 0.29) is 72.3 Å². The molecule has 0 N–H and O–H groups in total. The minimum atomic E-state index is -5.21. The molecule has 7 nitrogen and oxygen atoms in total. The van der Waals surface area contributed by atoms with Gasteiger partial charge in [-0.3, -0.25) is 0 Å². The molecule has 2 saturated heterocycles. The number of phosphoric acid groups is 1. The fourth-order valence-corrected chi connectivity index (χ4v) is 3.96. The fraction of sp³-hybridized carbons (Fsp3) is 0.333. The van der Waals surface area contributed by atoms with Gasteiger partial charge in [-0.1, -0.05) is 24.3 Å². The predicted molar refractivity (Wildman–Crippen MR) is 88.3 cm³/mol. The third kappa shape index (κ3) is 5.61. The average molecular weight is 457 g/mol. The van der Waals surface area contributed by atoms with E-state index in [4.69, 9.17) is 9.47 Å². The summed E-state index contributed by atoms with van der Waals surface area (Å²) in [5.74, 6) is -0.828. The summed E-state index contributed by atoms with van der Waals surface area (Å²) in [7, 11) is -5.21. The Bertz CT molecular complexity index is 841. The van der Waals surface area contributed by atoms with E-state index in [1.54, 1.807) is 29.2 Å². The SMILES string of the molecule is O=P([O-])([O-])OCC12COC(c3ccc(F)cc3)N1C(c1ccc(F)cc1)OC2.[Na+].[Na+]. The van der Waals surface area contributed by atoms with Gasteiger partial charge in [0.15, 0.2) is 0 Å². The molecule has 4 rings (SSSR count). The molecule has 2 unspecified atom stereocenters. The summed E-state index contributed by atoms with van der Waals surface area (Å²) in [6.45, 7) is -0.383. The molecular weight excluding hydrogens is 441 g/mol. The third-order valence-corrected chi connectivity index (χ3v) is 5.32. The molecule has 30 heavy (non-hydrogen) atoms. The summed E-state index contributed by atoms with van der Waals surface area (Å²) in [6, 6.07) is 11.3. The van der Waals surface area contributed by atoms with Gasteiger partial charge >= 0.3 is 59.1 Å². The van der Waals surface area contributed by atoms with Crippen LogP contribution in [0, 0.1) is 11.6 Å². The maximum atomic E-state index is 13.3. The topological polar surface area (TPSA) is 94.1 Å². The molecule has 0 bridgehead atoms. The molecule has 0 saturated carbocycles. The molecule has 2 atom stereocenters. The molecule has 0 amide bonds. The zero-order valence-electron chi connectivity index (χ0n) is 16.5. The van der Waals surface area contributed by atoms with Crippen molar-refractivity contribution in [3.8, 4) is 0 Å². The maximum absolute atomic E-state index is 13.3. The van der Waals surface area contributed by atoms with Crippen LogP contribution in [-0.4, -0.2) is 30.3 Å². The minimum Gasteiger partial charge on any atom is -0.790 e. The van der Waals surface area contributed by atoms with Crippen LogP contribution in [0.1, 0.15) is 23.6 Å². The van der Waals surface area contributed by atoms with Crippen LogP contribution in [-0.2, 0) is 18.6 Å². The molecule has 0 radical (unpaired) electrons. The van der Waals surface area contributed by atoms with E-state index in [0.717, 1.165) is 0 Å². The van der Waals surface area contributed by atoms with E-state index in [1.807, 2.05) is 0 Å². The quantitative estimate of drug-likeness (QED) is 0.331. The molecule has 2 fully saturated rings. The standard InChI is InChI=1S/C18H18F2NO6P.2Na/c19-14-5-1-12(2-6-14)16-21-17(13-3-7-15(20)8-4-13)26-10-18(21,9-25-16)11-27-28(22,23)24;;/h1-8,16-17H,9-11H2,(H2,22,23,24);;/q;2*+1/p-2. The van der Waals surface area contributed by atoms with Gasteiger partial charge in [0.2, 0.25) is 0 Å². The molecule has 0 spiro atoms. The van der Waals surface area contributed by atoms with E-state index in [2.05, 4.69) is 4.52 Å². The van der Waals surface area contributed by atoms with Crippen LogP contribution in [0.25, 0.3) is 0 Å². The molecule has 2 heterocycles. The number of phosphoric ester groups is 1. The zero-order chi connectivity index (χ0) is 19.9. The Balaban J connectivity index is 0.00000160. The van der Waals surface area contributed by atoms with Crippen LogP contribution in [0.3, 0.4) is 0 Å². The summed E-state index contributed by atoms with van der Waals surface area (Å²) >= 11 is 0. The van der Waals surface area contributed by atoms with Crippen LogP contribution < -0.4 is 68.9 Å². The Morgan fingerprint density at radius 3 is 1.70 bits per heavy atom. The summed E-state index contributed by atoms with van der Waals surface area (Å²) < 4.78 is 53.9. The van der Waals surface area contributed by atoms with Crippen molar-refractivity contribution in [1.82, 2.24) is 4.90 Å². The van der Waals surface area contributed by atoms with Crippen LogP contribution in [0.15, 0.2) is 48.5 Å². The Morgan fingerprint density at radius 2 is 1.33 bits per heavy atom. The first-order chi connectivity index (χ1) is 13.3. The van der Waals surface area contributed by atoms with Crippen molar-refractivity contribution < 1.29 is 96.2 Å². The van der Waals surface area contributed by atoms with Crippen LogP contribution >= 0.6 is 7.82 Å². The number of hydrogen-bond donors (Lipinski definition) is 0. The van der Waals surface area contributed by atoms with Crippen molar-refractivity contribution in [3.05, 3.63) is 71.3 Å². The van der Waals surface area contributed by atoms with E-state index < -0.39 is 44.1 Å². The average Bonchev–Trinajstić information content (AvgIpc) is 3.19. The zero-order valence-corrected chi connectivity index (χ0v) is 21.4. The number of benzene rings is 2. The van der Waals surface area contributed by atoms with Crippen molar-refractivity contribution in [2.24, 2.45) is 0 Å². The Labute approximate surface area is 216 Å². The van der Waals surface area contributed by atoms with Crippen LogP contribution in [0.5, 0.6) is 0 Å². The first-order valence-electron chi connectivity index (χ1n) is 8.47. The van der Waals surface area contributed by atoms with Crippen molar-refractivity contribution in [3.63, 3.8) is 0 Å². The van der Waals surface area contributed by atoms with E-state index in [9.17, 15) is 23.1 Å². The second-order valence-corrected chi connectivity index (χ2v) is 7.93. The number of halogens is 2. The molecule has 2 aliphatic heterocycles. The van der Waals surface area contributed by atoms with E-state index in [1.165, 1.54) is 24.3 Å². The molecule has 2 aliphatic rings. The summed E-state index contributed by atoms with van der Waals surface area (Å²) in [4.78, 5) is 23.8. The predicted octanol–water partition coefficient (Wildman–Crippen LogP) is -4.38. The first-order valence-corrected chi connectivity index (χ1v) is 9.93. The monoisotopic (exact) mass is 457 g/mol. The number of rotatable bonds is 5. The van der Waals surface area contributed by atoms with Gasteiger partial charge in [-0.2, -0.15) is 0 Å². The molecule has 12 heteroatoms. The molecular formula is C18H16F2NNa2O6P. The van der Waals surface area contributed by atoms with Crippen LogP contribution in [0.2, 0.25) is 0 Å². The molecule has 0 aliphatic carbocycles. The van der Waals surface area contributed by atoms with Gasteiger partial charge in [-0.05, 0) is 35.4 Å². The molecule has 0 aromatic heterocycles. The first kappa shape index (κ1) is 26.5. The van der Waals surface area contributed by atoms with E-state index in [0.29, 0.717) is 11.1 Å². The van der Waals surface area contributed by atoms with Gasteiger partial charge in [-0.25, -0.2) is 13.7 Å². The Hall–Kier alpha value is 0.290. The Kier molecular flexibility index (Phi) is 9.27. The van der Waals surface area contributed by atoms with Crippen LogP contribution in [0.4, 0.5) is 8.78 Å². The number of fused-ring (bicyclic) bond motifs is 1. The van der Waals surface area contributed by atoms with Crippen molar-refractivity contribution in [1.29, 1.82) is 0 Å². The second kappa shape index (κ2) is 10.5. The molecule has 150 valence electrons. The van der Waals surface area contributed by atoms with Gasteiger partial charge < -0.3 is 28.3 Å². The minimum absolute atomic E-state index is 0. The summed E-state index contributed by atoms with van der Waals surface area (Å²) in [5, 5.41) is 0. The van der Waals surface area contributed by atoms with Crippen molar-refractivity contribution in [2.45, 2.75) is 18.0 Å². The van der Waals surface area contributed by atoms with E-state index >= 15 is 0 Å². The largest absolute Gasteiger partial charge is 1.00 e. The summed E-state index contributed by atoms with van der Waals surface area (Å²) in [5.41, 5.74) is 0.199. The van der Waals surface area contributed by atoms with Gasteiger partial charge in [0.25, 0.3) is 0 Å². The summed E-state index contributed by atoms with van der Waals surface area (Å²) in [6.07, 6.45) is -1.39. The second-order valence-electron chi connectivity index (χ2n) is 6.78.